The first-order valence-electron chi connectivity index (χ1n) is 12.9. The van der Waals surface area contributed by atoms with Crippen LogP contribution in [-0.2, 0) is 22.7 Å². The standard InChI is InChI=1S/C30H35N5O5/c1-30(2,3)31-29(37)28(21-15-22(38-4)17-23(16-21)39-5)34(18-20-11-7-10-14-26(20)40-6)27(36)19-35-25-13-9-8-12-24(25)32-33-35/h7-17,28H,18-19H2,1-6H3,(H,31,37)/t28-/m1/s1. The molecule has 4 aromatic rings. The van der Waals surface area contributed by atoms with Crippen LogP contribution in [0.2, 0.25) is 0 Å². The third kappa shape index (κ3) is 6.51. The lowest BCUT2D eigenvalue weighted by atomic mass is 9.99. The van der Waals surface area contributed by atoms with Gasteiger partial charge in [-0.05, 0) is 56.7 Å². The van der Waals surface area contributed by atoms with E-state index in [1.807, 2.05) is 69.3 Å². The Labute approximate surface area is 233 Å². The van der Waals surface area contributed by atoms with E-state index in [9.17, 15) is 9.59 Å². The number of aromatic nitrogens is 3. The Morgan fingerprint density at radius 2 is 1.57 bits per heavy atom. The van der Waals surface area contributed by atoms with Crippen molar-refractivity contribution in [3.63, 3.8) is 0 Å². The number of carbonyl (C=O) groups excluding carboxylic acids is 2. The van der Waals surface area contributed by atoms with E-state index in [1.54, 1.807) is 25.3 Å². The zero-order valence-corrected chi connectivity index (χ0v) is 23.7. The lowest BCUT2D eigenvalue weighted by Gasteiger charge is -2.34. The summed E-state index contributed by atoms with van der Waals surface area (Å²) in [5.74, 6) is 0.904. The first-order chi connectivity index (χ1) is 19.1. The van der Waals surface area contributed by atoms with Crippen molar-refractivity contribution in [1.29, 1.82) is 0 Å². The summed E-state index contributed by atoms with van der Waals surface area (Å²) in [5.41, 5.74) is 2.10. The number of carbonyl (C=O) groups is 2. The highest BCUT2D eigenvalue weighted by molar-refractivity contribution is 5.90. The lowest BCUT2D eigenvalue weighted by Crippen LogP contribution is -2.49. The number of methoxy groups -OCH3 is 3. The molecule has 4 rings (SSSR count). The number of ether oxygens (including phenoxy) is 3. The quantitative estimate of drug-likeness (QED) is 0.319. The predicted octanol–water partition coefficient (Wildman–Crippen LogP) is 4.14. The molecular weight excluding hydrogens is 510 g/mol. The Bertz CT molecular complexity index is 1470. The molecule has 0 aliphatic rings. The summed E-state index contributed by atoms with van der Waals surface area (Å²) in [6.45, 7) is 5.64. The van der Waals surface area contributed by atoms with Crippen molar-refractivity contribution in [1.82, 2.24) is 25.2 Å². The molecular formula is C30H35N5O5. The summed E-state index contributed by atoms with van der Waals surface area (Å²) in [4.78, 5) is 29.7. The molecule has 0 radical (unpaired) electrons. The van der Waals surface area contributed by atoms with Crippen LogP contribution in [0.4, 0.5) is 0 Å². The van der Waals surface area contributed by atoms with Gasteiger partial charge in [-0.25, -0.2) is 4.68 Å². The number of fused-ring (bicyclic) bond motifs is 1. The number of nitrogens with one attached hydrogen (secondary N) is 1. The van der Waals surface area contributed by atoms with Crippen molar-refractivity contribution in [3.8, 4) is 17.2 Å². The maximum Gasteiger partial charge on any atom is 0.247 e. The average Bonchev–Trinajstić information content (AvgIpc) is 3.34. The van der Waals surface area contributed by atoms with Crippen LogP contribution < -0.4 is 19.5 Å². The van der Waals surface area contributed by atoms with E-state index >= 15 is 0 Å². The highest BCUT2D eigenvalue weighted by Gasteiger charge is 2.35. The molecule has 0 spiro atoms. The third-order valence-electron chi connectivity index (χ3n) is 6.31. The largest absolute Gasteiger partial charge is 0.497 e. The second kappa shape index (κ2) is 12.1. The number of hydrogen-bond acceptors (Lipinski definition) is 7. The van der Waals surface area contributed by atoms with Crippen molar-refractivity contribution in [3.05, 3.63) is 77.9 Å². The lowest BCUT2D eigenvalue weighted by molar-refractivity contribution is -0.142. The van der Waals surface area contributed by atoms with Crippen molar-refractivity contribution in [2.45, 2.75) is 45.4 Å². The van der Waals surface area contributed by atoms with Crippen LogP contribution in [0.15, 0.2) is 66.7 Å². The molecule has 10 nitrogen and oxygen atoms in total. The summed E-state index contributed by atoms with van der Waals surface area (Å²) in [6, 6.07) is 19.0. The molecule has 0 unspecified atom stereocenters. The molecule has 1 heterocycles. The van der Waals surface area contributed by atoms with Gasteiger partial charge in [-0.15, -0.1) is 5.10 Å². The van der Waals surface area contributed by atoms with E-state index in [0.29, 0.717) is 33.8 Å². The van der Waals surface area contributed by atoms with Crippen LogP contribution in [0.3, 0.4) is 0 Å². The summed E-state index contributed by atoms with van der Waals surface area (Å²) in [6.07, 6.45) is 0. The average molecular weight is 546 g/mol. The third-order valence-corrected chi connectivity index (χ3v) is 6.31. The monoisotopic (exact) mass is 545 g/mol. The van der Waals surface area contributed by atoms with Crippen LogP contribution in [-0.4, -0.2) is 58.6 Å². The molecule has 10 heteroatoms. The van der Waals surface area contributed by atoms with Crippen molar-refractivity contribution < 1.29 is 23.8 Å². The van der Waals surface area contributed by atoms with Gasteiger partial charge in [0.05, 0.1) is 33.4 Å². The molecule has 0 saturated heterocycles. The molecule has 1 atom stereocenters. The summed E-state index contributed by atoms with van der Waals surface area (Å²) >= 11 is 0. The van der Waals surface area contributed by atoms with Gasteiger partial charge >= 0.3 is 0 Å². The van der Waals surface area contributed by atoms with Crippen LogP contribution in [0, 0.1) is 0 Å². The van der Waals surface area contributed by atoms with E-state index < -0.39 is 11.6 Å². The maximum atomic E-state index is 14.2. The van der Waals surface area contributed by atoms with Crippen molar-refractivity contribution in [2.24, 2.45) is 0 Å². The Kier molecular flexibility index (Phi) is 8.57. The van der Waals surface area contributed by atoms with E-state index in [-0.39, 0.29) is 24.9 Å². The molecule has 40 heavy (non-hydrogen) atoms. The Hall–Kier alpha value is -4.60. The number of nitrogens with zero attached hydrogens (tertiary/aromatic N) is 4. The van der Waals surface area contributed by atoms with Gasteiger partial charge in [0.1, 0.15) is 35.4 Å². The summed E-state index contributed by atoms with van der Waals surface area (Å²) in [7, 11) is 4.65. The van der Waals surface area contributed by atoms with Gasteiger partial charge in [0.15, 0.2) is 0 Å². The highest BCUT2D eigenvalue weighted by Crippen LogP contribution is 2.33. The van der Waals surface area contributed by atoms with Crippen LogP contribution >= 0.6 is 0 Å². The molecule has 2 amide bonds. The molecule has 0 aliphatic carbocycles. The molecule has 0 fully saturated rings. The van der Waals surface area contributed by atoms with E-state index in [0.717, 1.165) is 5.56 Å². The normalized spacial score (nSPS) is 12.1. The minimum atomic E-state index is -1.03. The second-order valence-corrected chi connectivity index (χ2v) is 10.4. The molecule has 1 N–H and O–H groups in total. The van der Waals surface area contributed by atoms with Crippen LogP contribution in [0.5, 0.6) is 17.2 Å². The van der Waals surface area contributed by atoms with Crippen molar-refractivity contribution in [2.75, 3.05) is 21.3 Å². The van der Waals surface area contributed by atoms with Crippen LogP contribution in [0.1, 0.15) is 37.9 Å². The van der Waals surface area contributed by atoms with Gasteiger partial charge in [0, 0.05) is 17.2 Å². The van der Waals surface area contributed by atoms with E-state index in [1.165, 1.54) is 23.8 Å². The fourth-order valence-corrected chi connectivity index (χ4v) is 4.49. The Balaban J connectivity index is 1.86. The predicted molar refractivity (Wildman–Crippen MR) is 151 cm³/mol. The fourth-order valence-electron chi connectivity index (χ4n) is 4.49. The molecule has 0 bridgehead atoms. The molecule has 0 aliphatic heterocycles. The van der Waals surface area contributed by atoms with E-state index in [2.05, 4.69) is 15.6 Å². The van der Waals surface area contributed by atoms with Gasteiger partial charge in [0.2, 0.25) is 11.8 Å². The van der Waals surface area contributed by atoms with Gasteiger partial charge in [-0.1, -0.05) is 35.5 Å². The summed E-state index contributed by atoms with van der Waals surface area (Å²) in [5, 5.41) is 11.4. The Morgan fingerprint density at radius 3 is 2.23 bits per heavy atom. The molecule has 210 valence electrons. The topological polar surface area (TPSA) is 108 Å². The SMILES string of the molecule is COc1cc(OC)cc([C@H](C(=O)NC(C)(C)C)N(Cc2ccccc2OC)C(=O)Cn2nnc3ccccc32)c1. The number of amides is 2. The molecule has 1 aromatic heterocycles. The number of para-hydroxylation sites is 2. The maximum absolute atomic E-state index is 14.2. The zero-order chi connectivity index (χ0) is 28.9. The molecule has 0 saturated carbocycles. The smallest absolute Gasteiger partial charge is 0.247 e. The number of hydrogen-bond donors (Lipinski definition) is 1. The first kappa shape index (κ1) is 28.4. The first-order valence-corrected chi connectivity index (χ1v) is 12.9. The van der Waals surface area contributed by atoms with Gasteiger partial charge in [-0.2, -0.15) is 0 Å². The van der Waals surface area contributed by atoms with Crippen molar-refractivity contribution >= 4 is 22.8 Å². The minimum Gasteiger partial charge on any atom is -0.497 e. The van der Waals surface area contributed by atoms with Gasteiger partial charge in [0.25, 0.3) is 0 Å². The highest BCUT2D eigenvalue weighted by atomic mass is 16.5. The number of rotatable bonds is 10. The molecule has 3 aromatic carbocycles. The number of benzene rings is 3. The van der Waals surface area contributed by atoms with Gasteiger partial charge < -0.3 is 24.4 Å². The minimum absolute atomic E-state index is 0.0945. The fraction of sp³-hybridized carbons (Fsp3) is 0.333. The van der Waals surface area contributed by atoms with Crippen LogP contribution in [0.25, 0.3) is 11.0 Å². The van der Waals surface area contributed by atoms with E-state index in [4.69, 9.17) is 14.2 Å². The second-order valence-electron chi connectivity index (χ2n) is 10.4. The summed E-state index contributed by atoms with van der Waals surface area (Å²) < 4.78 is 18.1. The Morgan fingerprint density at radius 1 is 0.925 bits per heavy atom. The van der Waals surface area contributed by atoms with Gasteiger partial charge in [-0.3, -0.25) is 9.59 Å². The zero-order valence-electron chi connectivity index (χ0n) is 23.7.